The molecule has 1 aromatic carbocycles. The van der Waals surface area contributed by atoms with E-state index in [1.807, 2.05) is 37.4 Å². The highest BCUT2D eigenvalue weighted by Gasteiger charge is 2.01. The van der Waals surface area contributed by atoms with Crippen LogP contribution in [-0.2, 0) is 4.74 Å². The van der Waals surface area contributed by atoms with Crippen molar-refractivity contribution in [2.75, 3.05) is 45.3 Å². The lowest BCUT2D eigenvalue weighted by molar-refractivity contribution is 0.193. The Labute approximate surface area is 114 Å². The zero-order chi connectivity index (χ0) is 13.9. The van der Waals surface area contributed by atoms with Crippen molar-refractivity contribution in [3.8, 4) is 0 Å². The number of amides is 2. The monoisotopic (exact) mass is 265 g/mol. The molecule has 0 aliphatic heterocycles. The van der Waals surface area contributed by atoms with Crippen LogP contribution in [0.3, 0.4) is 0 Å². The van der Waals surface area contributed by atoms with Crippen LogP contribution in [0.15, 0.2) is 30.3 Å². The molecule has 5 heteroatoms. The van der Waals surface area contributed by atoms with Gasteiger partial charge >= 0.3 is 6.03 Å². The maximum Gasteiger partial charge on any atom is 0.314 e. The number of nitrogens with zero attached hydrogens (tertiary/aromatic N) is 1. The number of urea groups is 1. The molecular weight excluding hydrogens is 242 g/mol. The summed E-state index contributed by atoms with van der Waals surface area (Å²) in [4.78, 5) is 13.5. The zero-order valence-corrected chi connectivity index (χ0v) is 11.7. The van der Waals surface area contributed by atoms with Crippen LogP contribution in [0, 0.1) is 0 Å². The van der Waals surface area contributed by atoms with Crippen LogP contribution in [0.25, 0.3) is 0 Å². The molecule has 0 atom stereocenters. The first-order valence-corrected chi connectivity index (χ1v) is 6.51. The highest BCUT2D eigenvalue weighted by molar-refractivity contribution is 5.73. The number of hydrogen-bond donors (Lipinski definition) is 2. The zero-order valence-electron chi connectivity index (χ0n) is 11.7. The van der Waals surface area contributed by atoms with E-state index in [9.17, 15) is 4.79 Å². The van der Waals surface area contributed by atoms with Crippen LogP contribution < -0.4 is 15.5 Å². The molecule has 1 rings (SSSR count). The number of carbonyl (C=O) groups is 1. The van der Waals surface area contributed by atoms with Crippen molar-refractivity contribution < 1.29 is 9.53 Å². The van der Waals surface area contributed by atoms with Gasteiger partial charge in [-0.25, -0.2) is 4.79 Å². The van der Waals surface area contributed by atoms with Crippen molar-refractivity contribution in [3.63, 3.8) is 0 Å². The Balaban J connectivity index is 2.11. The average molecular weight is 265 g/mol. The van der Waals surface area contributed by atoms with Crippen molar-refractivity contribution >= 4 is 11.7 Å². The smallest absolute Gasteiger partial charge is 0.314 e. The molecule has 19 heavy (non-hydrogen) atoms. The Morgan fingerprint density at radius 2 is 1.89 bits per heavy atom. The van der Waals surface area contributed by atoms with Gasteiger partial charge in [0, 0.05) is 46.1 Å². The van der Waals surface area contributed by atoms with Gasteiger partial charge in [0.2, 0.25) is 0 Å². The van der Waals surface area contributed by atoms with Gasteiger partial charge in [-0.1, -0.05) is 18.2 Å². The van der Waals surface area contributed by atoms with E-state index in [2.05, 4.69) is 15.5 Å². The number of likely N-dealkylation sites (N-methyl/N-ethyl adjacent to an activating group) is 1. The molecule has 1 aromatic rings. The van der Waals surface area contributed by atoms with Crippen LogP contribution >= 0.6 is 0 Å². The van der Waals surface area contributed by atoms with Crippen molar-refractivity contribution in [2.45, 2.75) is 6.42 Å². The summed E-state index contributed by atoms with van der Waals surface area (Å²) in [5.41, 5.74) is 1.14. The van der Waals surface area contributed by atoms with E-state index < -0.39 is 0 Å². The lowest BCUT2D eigenvalue weighted by Crippen LogP contribution is -2.40. The van der Waals surface area contributed by atoms with Crippen molar-refractivity contribution in [3.05, 3.63) is 30.3 Å². The molecule has 0 aliphatic carbocycles. The van der Waals surface area contributed by atoms with Crippen molar-refractivity contribution in [1.82, 2.24) is 10.6 Å². The van der Waals surface area contributed by atoms with Gasteiger partial charge in [0.1, 0.15) is 0 Å². The molecule has 5 nitrogen and oxygen atoms in total. The van der Waals surface area contributed by atoms with Gasteiger partial charge in [-0.15, -0.1) is 0 Å². The summed E-state index contributed by atoms with van der Waals surface area (Å²) in [5.74, 6) is 0. The Morgan fingerprint density at radius 3 is 2.58 bits per heavy atom. The molecule has 0 aliphatic rings. The fourth-order valence-corrected chi connectivity index (χ4v) is 1.63. The average Bonchev–Trinajstić information content (AvgIpc) is 2.44. The molecule has 0 aromatic heterocycles. The van der Waals surface area contributed by atoms with Gasteiger partial charge < -0.3 is 20.3 Å². The van der Waals surface area contributed by atoms with Crippen molar-refractivity contribution in [2.24, 2.45) is 0 Å². The number of rotatable bonds is 8. The number of ether oxygens (including phenoxy) is 1. The molecule has 0 heterocycles. The molecule has 0 unspecified atom stereocenters. The SMILES string of the molecule is COCCCNC(=O)NCCN(C)c1ccccc1. The topological polar surface area (TPSA) is 53.6 Å². The maximum atomic E-state index is 11.4. The van der Waals surface area contributed by atoms with E-state index in [-0.39, 0.29) is 6.03 Å². The normalized spacial score (nSPS) is 10.0. The summed E-state index contributed by atoms with van der Waals surface area (Å²) in [5, 5.41) is 5.61. The molecule has 0 bridgehead atoms. The Morgan fingerprint density at radius 1 is 1.21 bits per heavy atom. The minimum absolute atomic E-state index is 0.127. The first-order valence-electron chi connectivity index (χ1n) is 6.51. The summed E-state index contributed by atoms with van der Waals surface area (Å²) in [6.45, 7) is 2.68. The number of anilines is 1. The number of hydrogen-bond acceptors (Lipinski definition) is 3. The highest BCUT2D eigenvalue weighted by Crippen LogP contribution is 2.09. The molecule has 0 radical (unpaired) electrons. The van der Waals surface area contributed by atoms with Gasteiger partial charge in [0.05, 0.1) is 0 Å². The fraction of sp³-hybridized carbons (Fsp3) is 0.500. The molecule has 2 N–H and O–H groups in total. The van der Waals surface area contributed by atoms with E-state index in [0.29, 0.717) is 19.7 Å². The summed E-state index contributed by atoms with van der Waals surface area (Å²) < 4.78 is 4.91. The van der Waals surface area contributed by atoms with Gasteiger partial charge in [0.25, 0.3) is 0 Å². The Kier molecular flexibility index (Phi) is 7.43. The van der Waals surface area contributed by atoms with Crippen LogP contribution in [0.4, 0.5) is 10.5 Å². The second-order valence-electron chi connectivity index (χ2n) is 4.29. The summed E-state index contributed by atoms with van der Waals surface area (Å²) in [7, 11) is 3.66. The number of nitrogens with one attached hydrogen (secondary N) is 2. The number of para-hydroxylation sites is 1. The second kappa shape index (κ2) is 9.22. The van der Waals surface area contributed by atoms with Gasteiger partial charge in [0.15, 0.2) is 0 Å². The third kappa shape index (κ3) is 6.67. The fourth-order valence-electron chi connectivity index (χ4n) is 1.63. The van der Waals surface area contributed by atoms with Crippen LogP contribution in [0.2, 0.25) is 0 Å². The van der Waals surface area contributed by atoms with Crippen molar-refractivity contribution in [1.29, 1.82) is 0 Å². The third-order valence-corrected chi connectivity index (χ3v) is 2.74. The first-order chi connectivity index (χ1) is 9.24. The third-order valence-electron chi connectivity index (χ3n) is 2.74. The van der Waals surface area contributed by atoms with E-state index >= 15 is 0 Å². The predicted molar refractivity (Wildman–Crippen MR) is 77.6 cm³/mol. The van der Waals surface area contributed by atoms with Gasteiger partial charge in [-0.2, -0.15) is 0 Å². The molecule has 2 amide bonds. The molecule has 0 fully saturated rings. The molecule has 106 valence electrons. The molecule has 0 saturated carbocycles. The maximum absolute atomic E-state index is 11.4. The number of benzene rings is 1. The quantitative estimate of drug-likeness (QED) is 0.700. The Bertz CT molecular complexity index is 357. The predicted octanol–water partition coefficient (Wildman–Crippen LogP) is 1.46. The van der Waals surface area contributed by atoms with E-state index in [1.54, 1.807) is 7.11 Å². The van der Waals surface area contributed by atoms with Crippen LogP contribution in [0.1, 0.15) is 6.42 Å². The minimum Gasteiger partial charge on any atom is -0.385 e. The van der Waals surface area contributed by atoms with Gasteiger partial charge in [-0.3, -0.25) is 0 Å². The highest BCUT2D eigenvalue weighted by atomic mass is 16.5. The van der Waals surface area contributed by atoms with E-state index in [0.717, 1.165) is 18.7 Å². The molecular formula is C14H23N3O2. The van der Waals surface area contributed by atoms with Crippen LogP contribution in [-0.4, -0.2) is 46.4 Å². The Hall–Kier alpha value is -1.75. The second-order valence-corrected chi connectivity index (χ2v) is 4.29. The molecule has 0 saturated heterocycles. The summed E-state index contributed by atoms with van der Waals surface area (Å²) in [6, 6.07) is 9.96. The lowest BCUT2D eigenvalue weighted by atomic mass is 10.3. The first kappa shape index (κ1) is 15.3. The summed E-state index contributed by atoms with van der Waals surface area (Å²) in [6.07, 6.45) is 0.827. The van der Waals surface area contributed by atoms with Crippen LogP contribution in [0.5, 0.6) is 0 Å². The minimum atomic E-state index is -0.127. The van der Waals surface area contributed by atoms with E-state index in [1.165, 1.54) is 0 Å². The van der Waals surface area contributed by atoms with E-state index in [4.69, 9.17) is 4.74 Å². The standard InChI is InChI=1S/C14H23N3O2/c1-17(13-7-4-3-5-8-13)11-10-16-14(18)15-9-6-12-19-2/h3-5,7-8H,6,9-12H2,1-2H3,(H2,15,16,18). The lowest BCUT2D eigenvalue weighted by Gasteiger charge is -2.19. The van der Waals surface area contributed by atoms with Gasteiger partial charge in [-0.05, 0) is 18.6 Å². The number of carbonyl (C=O) groups excluding carboxylic acids is 1. The molecule has 0 spiro atoms. The largest absolute Gasteiger partial charge is 0.385 e. The number of methoxy groups -OCH3 is 1. The summed E-state index contributed by atoms with van der Waals surface area (Å²) >= 11 is 0.